The Bertz CT molecular complexity index is 893. The molecule has 24 heavy (non-hydrogen) atoms. The maximum Gasteiger partial charge on any atom is 0.190 e. The van der Waals surface area contributed by atoms with Crippen LogP contribution in [-0.4, -0.2) is 20.5 Å². The lowest BCUT2D eigenvalue weighted by molar-refractivity contribution is 0.104. The molecule has 0 bridgehead atoms. The van der Waals surface area contributed by atoms with Crippen molar-refractivity contribution in [3.63, 3.8) is 0 Å². The lowest BCUT2D eigenvalue weighted by atomic mass is 10.0. The number of rotatable bonds is 6. The van der Waals surface area contributed by atoms with E-state index in [9.17, 15) is 4.79 Å². The summed E-state index contributed by atoms with van der Waals surface area (Å²) in [5.74, 6) is 0.0546. The molecule has 0 fully saturated rings. The van der Waals surface area contributed by atoms with E-state index in [0.717, 1.165) is 24.1 Å². The van der Waals surface area contributed by atoms with Gasteiger partial charge in [-0.05, 0) is 35.2 Å². The maximum absolute atomic E-state index is 12.1. The average molecular weight is 314 g/mol. The van der Waals surface area contributed by atoms with Crippen LogP contribution in [0.15, 0.2) is 72.8 Å². The Morgan fingerprint density at radius 2 is 1.83 bits per heavy atom. The molecule has 0 amide bonds. The van der Waals surface area contributed by atoms with Gasteiger partial charge < -0.3 is 0 Å². The highest BCUT2D eigenvalue weighted by Crippen LogP contribution is 2.22. The number of ketones is 1. The Morgan fingerprint density at radius 1 is 1.04 bits per heavy atom. The molecule has 4 heteroatoms. The van der Waals surface area contributed by atoms with Crippen LogP contribution >= 0.6 is 0 Å². The van der Waals surface area contributed by atoms with Crippen molar-refractivity contribution >= 4 is 5.78 Å². The molecule has 0 N–H and O–H groups in total. The van der Waals surface area contributed by atoms with Crippen molar-refractivity contribution in [2.24, 2.45) is 0 Å². The van der Waals surface area contributed by atoms with Crippen LogP contribution in [0.5, 0.6) is 0 Å². The summed E-state index contributed by atoms with van der Waals surface area (Å²) in [7, 11) is 0. The van der Waals surface area contributed by atoms with Gasteiger partial charge in [-0.25, -0.2) is 0 Å². The molecular formula is C20H16N3O. The number of carbonyl (C=O) groups excluding carboxylic acids is 1. The summed E-state index contributed by atoms with van der Waals surface area (Å²) in [4.78, 5) is 16.3. The molecule has 0 aliphatic heterocycles. The Kier molecular flexibility index (Phi) is 3.79. The molecule has 2 heterocycles. The van der Waals surface area contributed by atoms with Gasteiger partial charge in [-0.1, -0.05) is 30.3 Å². The summed E-state index contributed by atoms with van der Waals surface area (Å²) in [6.45, 7) is 0.768. The second kappa shape index (κ2) is 6.24. The zero-order valence-corrected chi connectivity index (χ0v) is 13.1. The predicted octanol–water partition coefficient (Wildman–Crippen LogP) is 3.24. The lowest BCUT2D eigenvalue weighted by Crippen LogP contribution is -2.01. The molecule has 0 spiro atoms. The molecule has 4 nitrogen and oxygen atoms in total. The molecule has 1 aliphatic rings. The summed E-state index contributed by atoms with van der Waals surface area (Å²) < 4.78 is 1.90. The Hall–Kier alpha value is -3.01. The Balaban J connectivity index is 1.46. The smallest absolute Gasteiger partial charge is 0.190 e. The van der Waals surface area contributed by atoms with E-state index in [4.69, 9.17) is 0 Å². The summed E-state index contributed by atoms with van der Waals surface area (Å²) in [6.07, 6.45) is 11.6. The summed E-state index contributed by atoms with van der Waals surface area (Å²) in [6, 6.07) is 12.3. The summed E-state index contributed by atoms with van der Waals surface area (Å²) in [5, 5.41) is 4.22. The first-order valence-electron chi connectivity index (χ1n) is 7.87. The zero-order valence-electron chi connectivity index (χ0n) is 13.1. The number of Topliss-reactive ketones (excluding diaryl/α,β-unsaturated/α-hetero) is 1. The molecule has 0 saturated heterocycles. The zero-order chi connectivity index (χ0) is 16.4. The normalized spacial score (nSPS) is 12.8. The number of carbonyl (C=O) groups is 1. The SMILES string of the molecule is O=C(C1=C[CH]1)c1cncc(Cc2ccc(Cn3cccn3)cc2)c1. The van der Waals surface area contributed by atoms with Crippen molar-refractivity contribution < 1.29 is 4.79 Å². The van der Waals surface area contributed by atoms with Crippen LogP contribution in [0.2, 0.25) is 0 Å². The highest BCUT2D eigenvalue weighted by molar-refractivity contribution is 6.13. The van der Waals surface area contributed by atoms with E-state index in [1.165, 1.54) is 11.1 Å². The van der Waals surface area contributed by atoms with Crippen LogP contribution in [0.4, 0.5) is 0 Å². The Labute approximate surface area is 140 Å². The van der Waals surface area contributed by atoms with Crippen LogP contribution in [0.1, 0.15) is 27.0 Å². The fourth-order valence-corrected chi connectivity index (χ4v) is 2.65. The molecule has 0 unspecified atom stereocenters. The van der Waals surface area contributed by atoms with E-state index in [2.05, 4.69) is 34.3 Å². The second-order valence-electron chi connectivity index (χ2n) is 5.90. The standard InChI is InChI=1S/C20H16N3O/c24-20(18-6-7-18)19-11-17(12-21-13-19)10-15-2-4-16(5-3-15)14-23-9-1-8-22-23/h1-9,11-13H,10,14H2. The average Bonchev–Trinajstić information content (AvgIpc) is 3.34. The molecule has 2 aromatic heterocycles. The third-order valence-corrected chi connectivity index (χ3v) is 3.99. The third kappa shape index (κ3) is 3.33. The fourth-order valence-electron chi connectivity index (χ4n) is 2.65. The van der Waals surface area contributed by atoms with E-state index >= 15 is 0 Å². The quantitative estimate of drug-likeness (QED) is 0.656. The first kappa shape index (κ1) is 14.6. The topological polar surface area (TPSA) is 47.8 Å². The van der Waals surface area contributed by atoms with Gasteiger partial charge >= 0.3 is 0 Å². The van der Waals surface area contributed by atoms with Crippen LogP contribution in [-0.2, 0) is 13.0 Å². The molecule has 4 rings (SSSR count). The molecule has 1 aromatic carbocycles. The molecule has 0 saturated carbocycles. The highest BCUT2D eigenvalue weighted by atomic mass is 16.1. The fraction of sp³-hybridized carbons (Fsp3) is 0.100. The van der Waals surface area contributed by atoms with Gasteiger partial charge in [0, 0.05) is 42.3 Å². The van der Waals surface area contributed by atoms with Crippen LogP contribution in [0.3, 0.4) is 0 Å². The van der Waals surface area contributed by atoms with Crippen LogP contribution < -0.4 is 0 Å². The number of nitrogens with zero attached hydrogens (tertiary/aromatic N) is 3. The number of aromatic nitrogens is 3. The van der Waals surface area contributed by atoms with Crippen molar-refractivity contribution in [2.75, 3.05) is 0 Å². The highest BCUT2D eigenvalue weighted by Gasteiger charge is 2.19. The van der Waals surface area contributed by atoms with E-state index in [1.54, 1.807) is 12.4 Å². The number of hydrogen-bond acceptors (Lipinski definition) is 3. The van der Waals surface area contributed by atoms with Gasteiger partial charge in [0.2, 0.25) is 0 Å². The van der Waals surface area contributed by atoms with Crippen molar-refractivity contribution in [1.82, 2.24) is 14.8 Å². The number of allylic oxidation sites excluding steroid dienone is 2. The first-order valence-corrected chi connectivity index (χ1v) is 7.87. The number of hydrogen-bond donors (Lipinski definition) is 0. The van der Waals surface area contributed by atoms with Gasteiger partial charge in [0.15, 0.2) is 5.78 Å². The molecule has 3 aromatic rings. The summed E-state index contributed by atoms with van der Waals surface area (Å²) in [5.41, 5.74) is 4.88. The lowest BCUT2D eigenvalue weighted by Gasteiger charge is -2.06. The monoisotopic (exact) mass is 314 g/mol. The first-order chi connectivity index (χ1) is 11.8. The van der Waals surface area contributed by atoms with Gasteiger partial charge in [0.25, 0.3) is 0 Å². The molecular weight excluding hydrogens is 298 g/mol. The predicted molar refractivity (Wildman–Crippen MR) is 91.5 cm³/mol. The Morgan fingerprint density at radius 3 is 2.54 bits per heavy atom. The van der Waals surface area contributed by atoms with E-state index in [1.807, 2.05) is 41.7 Å². The summed E-state index contributed by atoms with van der Waals surface area (Å²) >= 11 is 0. The molecule has 117 valence electrons. The molecule has 1 radical (unpaired) electrons. The van der Waals surface area contributed by atoms with Crippen LogP contribution in [0, 0.1) is 6.42 Å². The second-order valence-corrected chi connectivity index (χ2v) is 5.90. The van der Waals surface area contributed by atoms with Crippen LogP contribution in [0.25, 0.3) is 0 Å². The largest absolute Gasteiger partial charge is 0.289 e. The van der Waals surface area contributed by atoms with Gasteiger partial charge in [-0.2, -0.15) is 5.10 Å². The molecule has 0 atom stereocenters. The van der Waals surface area contributed by atoms with E-state index < -0.39 is 0 Å². The van der Waals surface area contributed by atoms with Gasteiger partial charge in [-0.15, -0.1) is 0 Å². The minimum atomic E-state index is 0.0546. The van der Waals surface area contributed by atoms with Crippen molar-refractivity contribution in [2.45, 2.75) is 13.0 Å². The minimum absolute atomic E-state index is 0.0546. The number of benzene rings is 1. The minimum Gasteiger partial charge on any atom is -0.289 e. The van der Waals surface area contributed by atoms with Crippen molar-refractivity contribution in [3.05, 3.63) is 102 Å². The third-order valence-electron chi connectivity index (χ3n) is 3.99. The van der Waals surface area contributed by atoms with Gasteiger partial charge in [-0.3, -0.25) is 14.5 Å². The number of pyridine rings is 1. The maximum atomic E-state index is 12.1. The van der Waals surface area contributed by atoms with Crippen molar-refractivity contribution in [3.8, 4) is 0 Å². The van der Waals surface area contributed by atoms with Crippen molar-refractivity contribution in [1.29, 1.82) is 0 Å². The molecule has 1 aliphatic carbocycles. The van der Waals surface area contributed by atoms with Gasteiger partial charge in [0.05, 0.1) is 6.54 Å². The van der Waals surface area contributed by atoms with Gasteiger partial charge in [0.1, 0.15) is 0 Å². The van der Waals surface area contributed by atoms with E-state index in [-0.39, 0.29) is 5.78 Å². The van der Waals surface area contributed by atoms with E-state index in [0.29, 0.717) is 5.56 Å².